The lowest BCUT2D eigenvalue weighted by atomic mass is 9.70. The van der Waals surface area contributed by atoms with Crippen LogP contribution in [0, 0.1) is 0 Å². The van der Waals surface area contributed by atoms with Crippen LogP contribution in [0.3, 0.4) is 0 Å². The summed E-state index contributed by atoms with van der Waals surface area (Å²) in [7, 11) is 0. The first-order valence-corrected chi connectivity index (χ1v) is 11.8. The Morgan fingerprint density at radius 2 is 1.82 bits per heavy atom. The third-order valence-corrected chi connectivity index (χ3v) is 6.90. The first-order chi connectivity index (χ1) is 16.5. The smallest absolute Gasteiger partial charge is 0.253 e. The van der Waals surface area contributed by atoms with Crippen LogP contribution in [-0.4, -0.2) is 37.8 Å². The number of rotatable bonds is 6. The minimum Gasteiger partial charge on any atom is -0.351 e. The molecule has 0 spiro atoms. The van der Waals surface area contributed by atoms with Gasteiger partial charge >= 0.3 is 0 Å². The summed E-state index contributed by atoms with van der Waals surface area (Å²) < 4.78 is 1.77. The Labute approximate surface area is 199 Å². The summed E-state index contributed by atoms with van der Waals surface area (Å²) in [5.41, 5.74) is 2.02. The molecule has 0 unspecified atom stereocenters. The Morgan fingerprint density at radius 1 is 1.09 bits per heavy atom. The molecule has 176 valence electrons. The van der Waals surface area contributed by atoms with Gasteiger partial charge in [0.15, 0.2) is 5.78 Å². The van der Waals surface area contributed by atoms with Crippen LogP contribution in [0.25, 0.3) is 17.6 Å². The second kappa shape index (κ2) is 10.1. The van der Waals surface area contributed by atoms with Crippen molar-refractivity contribution in [2.75, 3.05) is 6.54 Å². The van der Waals surface area contributed by atoms with Crippen molar-refractivity contribution in [2.45, 2.75) is 58.3 Å². The Kier molecular flexibility index (Phi) is 7.01. The number of Topliss-reactive ketones (excluding diaryl/α,β-unsaturated/α-hetero) is 1. The molecule has 0 bridgehead atoms. The molecule has 0 aliphatic heterocycles. The van der Waals surface area contributed by atoms with Crippen LogP contribution in [0.4, 0.5) is 0 Å². The topological polar surface area (TPSA) is 89.8 Å². The second-order valence-corrected chi connectivity index (χ2v) is 8.96. The maximum absolute atomic E-state index is 13.6. The van der Waals surface area contributed by atoms with Crippen LogP contribution in [0.1, 0.15) is 68.8 Å². The van der Waals surface area contributed by atoms with E-state index in [4.69, 9.17) is 0 Å². The molecular formula is C27H31N5O2. The Hall–Kier alpha value is -3.61. The quantitative estimate of drug-likeness (QED) is 0.615. The number of carbonyl (C=O) groups excluding carboxylic acids is 2. The van der Waals surface area contributed by atoms with Crippen molar-refractivity contribution in [2.24, 2.45) is 0 Å². The minimum absolute atomic E-state index is 0.0806. The zero-order valence-corrected chi connectivity index (χ0v) is 20.0. The highest BCUT2D eigenvalue weighted by Gasteiger charge is 2.34. The molecule has 3 aromatic heterocycles. The number of hydrogen-bond acceptors (Lipinski definition) is 5. The van der Waals surface area contributed by atoms with Crippen LogP contribution in [0.15, 0.2) is 49.2 Å². The van der Waals surface area contributed by atoms with E-state index in [0.717, 1.165) is 31.0 Å². The van der Waals surface area contributed by atoms with Crippen molar-refractivity contribution < 1.29 is 9.59 Å². The summed E-state index contributed by atoms with van der Waals surface area (Å²) in [6.07, 6.45) is 16.1. The molecule has 0 saturated heterocycles. The van der Waals surface area contributed by atoms with Gasteiger partial charge in [0.05, 0.1) is 10.9 Å². The van der Waals surface area contributed by atoms with Gasteiger partial charge in [0.1, 0.15) is 0 Å². The van der Waals surface area contributed by atoms with Crippen molar-refractivity contribution in [1.29, 1.82) is 0 Å². The van der Waals surface area contributed by atoms with E-state index < -0.39 is 0 Å². The largest absolute Gasteiger partial charge is 0.351 e. The number of nitrogens with one attached hydrogen (secondary N) is 1. The molecule has 1 fully saturated rings. The lowest BCUT2D eigenvalue weighted by Gasteiger charge is -2.37. The monoisotopic (exact) mass is 457 g/mol. The van der Waals surface area contributed by atoms with Crippen molar-refractivity contribution in [3.8, 4) is 5.95 Å². The highest BCUT2D eigenvalue weighted by molar-refractivity contribution is 6.13. The van der Waals surface area contributed by atoms with Crippen LogP contribution < -0.4 is 15.9 Å². The van der Waals surface area contributed by atoms with Crippen molar-refractivity contribution in [1.82, 2.24) is 24.8 Å². The van der Waals surface area contributed by atoms with Gasteiger partial charge in [0, 0.05) is 53.7 Å². The highest BCUT2D eigenvalue weighted by atomic mass is 16.1. The number of pyridine rings is 1. The predicted octanol–water partition coefficient (Wildman–Crippen LogP) is 2.85. The standard InChI is InChI=1S/C27H31N5O2/c1-4-23-24(19(2)20(3)33)22(17-32(23)26-29-14-9-15-30-26)25(34)31-18-27(11-6-5-7-12-27)21-10-8-13-28-16-21/h4,8-10,13-17H,5-7,11-12,18H2,1-3H3,(H,31,34). The molecule has 7 nitrogen and oxygen atoms in total. The van der Waals surface area contributed by atoms with E-state index in [-0.39, 0.29) is 17.1 Å². The average molecular weight is 458 g/mol. The first kappa shape index (κ1) is 23.5. The van der Waals surface area contributed by atoms with E-state index in [9.17, 15) is 9.59 Å². The number of aromatic nitrogens is 4. The summed E-state index contributed by atoms with van der Waals surface area (Å²) in [4.78, 5) is 39.0. The second-order valence-electron chi connectivity index (χ2n) is 8.96. The Balaban J connectivity index is 1.75. The van der Waals surface area contributed by atoms with Gasteiger partial charge in [-0.05, 0) is 51.3 Å². The lowest BCUT2D eigenvalue weighted by molar-refractivity contribution is -0.112. The molecule has 3 heterocycles. The van der Waals surface area contributed by atoms with Gasteiger partial charge in [-0.3, -0.25) is 19.1 Å². The molecule has 1 N–H and O–H groups in total. The molecule has 34 heavy (non-hydrogen) atoms. The maximum Gasteiger partial charge on any atom is 0.253 e. The Morgan fingerprint density at radius 3 is 2.44 bits per heavy atom. The number of nitrogens with zero attached hydrogens (tertiary/aromatic N) is 4. The fourth-order valence-corrected chi connectivity index (χ4v) is 4.95. The van der Waals surface area contributed by atoms with Gasteiger partial charge < -0.3 is 5.32 Å². The predicted molar refractivity (Wildman–Crippen MR) is 132 cm³/mol. The zero-order valence-electron chi connectivity index (χ0n) is 20.0. The van der Waals surface area contributed by atoms with Gasteiger partial charge in [-0.15, -0.1) is 0 Å². The summed E-state index contributed by atoms with van der Waals surface area (Å²) >= 11 is 0. The van der Waals surface area contributed by atoms with Crippen molar-refractivity contribution in [3.05, 3.63) is 70.9 Å². The molecule has 0 atom stereocenters. The number of carbonyl (C=O) groups is 2. The van der Waals surface area contributed by atoms with E-state index in [2.05, 4.69) is 26.3 Å². The molecule has 1 aliphatic rings. The van der Waals surface area contributed by atoms with Gasteiger partial charge in [0.2, 0.25) is 5.95 Å². The molecule has 7 heteroatoms. The average Bonchev–Trinajstić information content (AvgIpc) is 3.28. The summed E-state index contributed by atoms with van der Waals surface area (Å²) in [5.74, 6) is 0.163. The molecule has 1 saturated carbocycles. The fraction of sp³-hybridized carbons (Fsp3) is 0.370. The highest BCUT2D eigenvalue weighted by Crippen LogP contribution is 2.38. The van der Waals surface area contributed by atoms with Crippen LogP contribution in [-0.2, 0) is 10.2 Å². The molecular weight excluding hydrogens is 426 g/mol. The van der Waals surface area contributed by atoms with Crippen LogP contribution in [0.5, 0.6) is 0 Å². The van der Waals surface area contributed by atoms with Gasteiger partial charge in [0.25, 0.3) is 5.91 Å². The SMILES string of the molecule is CC=c1c(=C(C)C(C)=O)c(C(=O)NCC2(c3cccnc3)CCCCC2)cn1-c1ncccn1. The van der Waals surface area contributed by atoms with Gasteiger partial charge in [-0.1, -0.05) is 31.4 Å². The van der Waals surface area contributed by atoms with Crippen molar-refractivity contribution in [3.63, 3.8) is 0 Å². The van der Waals surface area contributed by atoms with Crippen LogP contribution in [0.2, 0.25) is 0 Å². The fourth-order valence-electron chi connectivity index (χ4n) is 4.95. The van der Waals surface area contributed by atoms with E-state index in [1.54, 1.807) is 42.3 Å². The normalized spacial score (nSPS) is 16.7. The molecule has 0 radical (unpaired) electrons. The van der Waals surface area contributed by atoms with E-state index in [0.29, 0.717) is 28.8 Å². The minimum atomic E-state index is -0.206. The molecule has 4 rings (SSSR count). The summed E-state index contributed by atoms with van der Waals surface area (Å²) in [5, 5.41) is 4.55. The molecule has 0 aromatic carbocycles. The number of hydrogen-bond donors (Lipinski definition) is 1. The van der Waals surface area contributed by atoms with E-state index in [1.807, 2.05) is 25.3 Å². The third kappa shape index (κ3) is 4.55. The number of ketones is 1. The van der Waals surface area contributed by atoms with Crippen LogP contribution >= 0.6 is 0 Å². The van der Waals surface area contributed by atoms with Gasteiger partial charge in [-0.25, -0.2) is 9.97 Å². The zero-order chi connectivity index (χ0) is 24.1. The van der Waals surface area contributed by atoms with Crippen molar-refractivity contribution >= 4 is 23.3 Å². The molecule has 1 amide bonds. The summed E-state index contributed by atoms with van der Waals surface area (Å²) in [6.45, 7) is 5.68. The number of amides is 1. The maximum atomic E-state index is 13.6. The first-order valence-electron chi connectivity index (χ1n) is 11.8. The van der Waals surface area contributed by atoms with Gasteiger partial charge in [-0.2, -0.15) is 0 Å². The molecule has 3 aromatic rings. The molecule has 1 aliphatic carbocycles. The van der Waals surface area contributed by atoms with E-state index in [1.165, 1.54) is 18.9 Å². The lowest BCUT2D eigenvalue weighted by Crippen LogP contribution is -2.44. The summed E-state index contributed by atoms with van der Waals surface area (Å²) in [6, 6.07) is 5.81. The van der Waals surface area contributed by atoms with E-state index >= 15 is 0 Å². The Bertz CT molecular complexity index is 1290. The third-order valence-electron chi connectivity index (χ3n) is 6.90.